The highest BCUT2D eigenvalue weighted by Gasteiger charge is 2.17. The lowest BCUT2D eigenvalue weighted by molar-refractivity contribution is 0.101. The van der Waals surface area contributed by atoms with Crippen molar-refractivity contribution in [1.29, 1.82) is 0 Å². The van der Waals surface area contributed by atoms with Crippen LogP contribution in [0.2, 0.25) is 0 Å². The number of Topliss-reactive ketones (excluding diaryl/α,β-unsaturated/α-hetero) is 1. The SMILES string of the molecule is CC(=O)c1nnn(-c2ccc(F)cc2)c1NCCN(C)C. The zero-order valence-corrected chi connectivity index (χ0v) is 12.3. The third-order valence-electron chi connectivity index (χ3n) is 2.93. The summed E-state index contributed by atoms with van der Waals surface area (Å²) in [4.78, 5) is 13.7. The minimum Gasteiger partial charge on any atom is -0.367 e. The number of nitrogens with zero attached hydrogens (tertiary/aromatic N) is 4. The standard InChI is InChI=1S/C14H18FN5O/c1-10(21)13-14(16-8-9-19(2)3)20(18-17-13)12-6-4-11(15)5-7-12/h4-7,16H,8-9H2,1-3H3. The Kier molecular flexibility index (Phi) is 4.64. The van der Waals surface area contributed by atoms with Crippen molar-refractivity contribution in [3.05, 3.63) is 35.8 Å². The predicted octanol–water partition coefficient (Wildman–Crippen LogP) is 1.58. The Hall–Kier alpha value is -2.28. The second kappa shape index (κ2) is 6.45. The minimum absolute atomic E-state index is 0.171. The van der Waals surface area contributed by atoms with Crippen molar-refractivity contribution in [2.45, 2.75) is 6.92 Å². The van der Waals surface area contributed by atoms with Crippen LogP contribution in [-0.4, -0.2) is 52.9 Å². The van der Waals surface area contributed by atoms with Crippen LogP contribution in [0.1, 0.15) is 17.4 Å². The molecule has 0 atom stereocenters. The Morgan fingerprint density at radius 1 is 1.33 bits per heavy atom. The van der Waals surface area contributed by atoms with Crippen molar-refractivity contribution in [3.8, 4) is 5.69 Å². The molecule has 0 aliphatic heterocycles. The highest BCUT2D eigenvalue weighted by Crippen LogP contribution is 2.18. The largest absolute Gasteiger partial charge is 0.367 e. The van der Waals surface area contributed by atoms with Gasteiger partial charge in [0.25, 0.3) is 0 Å². The van der Waals surface area contributed by atoms with Crippen LogP contribution in [0.4, 0.5) is 10.2 Å². The second-order valence-corrected chi connectivity index (χ2v) is 4.96. The topological polar surface area (TPSA) is 63.1 Å². The molecule has 0 saturated heterocycles. The number of aromatic nitrogens is 3. The quantitative estimate of drug-likeness (QED) is 0.819. The number of carbonyl (C=O) groups excluding carboxylic acids is 1. The van der Waals surface area contributed by atoms with Gasteiger partial charge >= 0.3 is 0 Å². The number of likely N-dealkylation sites (N-methyl/N-ethyl adjacent to an activating group) is 1. The van der Waals surface area contributed by atoms with Crippen molar-refractivity contribution in [1.82, 2.24) is 19.9 Å². The number of nitrogens with one attached hydrogen (secondary N) is 1. The van der Waals surface area contributed by atoms with Crippen molar-refractivity contribution >= 4 is 11.6 Å². The van der Waals surface area contributed by atoms with E-state index in [0.29, 0.717) is 18.1 Å². The lowest BCUT2D eigenvalue weighted by Gasteiger charge is -2.13. The highest BCUT2D eigenvalue weighted by molar-refractivity contribution is 5.96. The summed E-state index contributed by atoms with van der Waals surface area (Å²) in [6.07, 6.45) is 0. The Morgan fingerprint density at radius 3 is 2.57 bits per heavy atom. The van der Waals surface area contributed by atoms with Crippen molar-refractivity contribution < 1.29 is 9.18 Å². The molecule has 21 heavy (non-hydrogen) atoms. The number of ketones is 1. The Bertz CT molecular complexity index is 621. The Labute approximate surface area is 122 Å². The smallest absolute Gasteiger partial charge is 0.183 e. The summed E-state index contributed by atoms with van der Waals surface area (Å²) in [6, 6.07) is 5.86. The Morgan fingerprint density at radius 2 is 2.00 bits per heavy atom. The summed E-state index contributed by atoms with van der Waals surface area (Å²) in [5.74, 6) is 0.0273. The zero-order chi connectivity index (χ0) is 15.4. The first kappa shape index (κ1) is 15.1. The number of halogens is 1. The number of carbonyl (C=O) groups is 1. The van der Waals surface area contributed by atoms with Gasteiger partial charge < -0.3 is 10.2 Å². The number of benzene rings is 1. The molecule has 0 fully saturated rings. The Balaban J connectivity index is 2.32. The molecule has 1 aromatic heterocycles. The fourth-order valence-electron chi connectivity index (χ4n) is 1.84. The van der Waals surface area contributed by atoms with Crippen LogP contribution in [0, 0.1) is 5.82 Å². The van der Waals surface area contributed by atoms with E-state index in [2.05, 4.69) is 15.6 Å². The normalized spacial score (nSPS) is 10.9. The van der Waals surface area contributed by atoms with Gasteiger partial charge in [-0.25, -0.2) is 4.39 Å². The van der Waals surface area contributed by atoms with E-state index >= 15 is 0 Å². The van der Waals surface area contributed by atoms with E-state index in [0.717, 1.165) is 6.54 Å². The number of hydrogen-bond donors (Lipinski definition) is 1. The molecule has 1 N–H and O–H groups in total. The monoisotopic (exact) mass is 291 g/mol. The molecular formula is C14H18FN5O. The van der Waals surface area contributed by atoms with Crippen LogP contribution in [0.25, 0.3) is 5.69 Å². The van der Waals surface area contributed by atoms with Gasteiger partial charge in [0.15, 0.2) is 17.3 Å². The van der Waals surface area contributed by atoms with Gasteiger partial charge in [-0.15, -0.1) is 5.10 Å². The molecule has 112 valence electrons. The molecule has 0 aliphatic rings. The molecule has 7 heteroatoms. The van der Waals surface area contributed by atoms with Crippen LogP contribution in [0.5, 0.6) is 0 Å². The summed E-state index contributed by atoms with van der Waals surface area (Å²) in [5.41, 5.74) is 0.918. The summed E-state index contributed by atoms with van der Waals surface area (Å²) in [7, 11) is 3.92. The third kappa shape index (κ3) is 3.63. The summed E-state index contributed by atoms with van der Waals surface area (Å²) >= 11 is 0. The number of hydrogen-bond acceptors (Lipinski definition) is 5. The summed E-state index contributed by atoms with van der Waals surface area (Å²) in [5, 5.41) is 11.1. The summed E-state index contributed by atoms with van der Waals surface area (Å²) in [6.45, 7) is 2.88. The van der Waals surface area contributed by atoms with E-state index in [4.69, 9.17) is 0 Å². The number of rotatable bonds is 6. The van der Waals surface area contributed by atoms with Gasteiger partial charge in [-0.1, -0.05) is 5.21 Å². The lowest BCUT2D eigenvalue weighted by Crippen LogP contribution is -2.22. The van der Waals surface area contributed by atoms with Crippen LogP contribution in [0.3, 0.4) is 0 Å². The molecule has 0 radical (unpaired) electrons. The van der Waals surface area contributed by atoms with Gasteiger partial charge in [-0.3, -0.25) is 4.79 Å². The van der Waals surface area contributed by atoms with Crippen molar-refractivity contribution in [2.24, 2.45) is 0 Å². The van der Waals surface area contributed by atoms with Gasteiger partial charge in [-0.05, 0) is 38.4 Å². The van der Waals surface area contributed by atoms with Gasteiger partial charge in [0.05, 0.1) is 5.69 Å². The lowest BCUT2D eigenvalue weighted by atomic mass is 10.3. The fraction of sp³-hybridized carbons (Fsp3) is 0.357. The van der Waals surface area contributed by atoms with Crippen LogP contribution in [-0.2, 0) is 0 Å². The molecule has 1 aromatic carbocycles. The first-order valence-corrected chi connectivity index (χ1v) is 6.60. The molecule has 0 amide bonds. The fourth-order valence-corrected chi connectivity index (χ4v) is 1.84. The molecule has 0 aliphatic carbocycles. The van der Waals surface area contributed by atoms with E-state index in [1.165, 1.54) is 23.7 Å². The third-order valence-corrected chi connectivity index (χ3v) is 2.93. The van der Waals surface area contributed by atoms with E-state index in [-0.39, 0.29) is 17.3 Å². The predicted molar refractivity (Wildman–Crippen MR) is 78.4 cm³/mol. The highest BCUT2D eigenvalue weighted by atomic mass is 19.1. The first-order chi connectivity index (χ1) is 9.99. The van der Waals surface area contributed by atoms with Crippen LogP contribution >= 0.6 is 0 Å². The molecule has 2 aromatic rings. The number of anilines is 1. The molecule has 2 rings (SSSR count). The molecule has 1 heterocycles. The molecule has 0 spiro atoms. The average Bonchev–Trinajstić information content (AvgIpc) is 2.83. The van der Waals surface area contributed by atoms with Crippen molar-refractivity contribution in [3.63, 3.8) is 0 Å². The minimum atomic E-state index is -0.326. The summed E-state index contributed by atoms with van der Waals surface area (Å²) < 4.78 is 14.5. The maximum Gasteiger partial charge on any atom is 0.183 e. The molecule has 0 bridgehead atoms. The average molecular weight is 291 g/mol. The molecule has 0 saturated carbocycles. The maximum absolute atomic E-state index is 13.0. The van der Waals surface area contributed by atoms with E-state index < -0.39 is 0 Å². The van der Waals surface area contributed by atoms with Gasteiger partial charge in [0.2, 0.25) is 0 Å². The van der Waals surface area contributed by atoms with E-state index in [9.17, 15) is 9.18 Å². The van der Waals surface area contributed by atoms with Gasteiger partial charge in [0.1, 0.15) is 5.82 Å². The van der Waals surface area contributed by atoms with Gasteiger partial charge in [0, 0.05) is 20.0 Å². The van der Waals surface area contributed by atoms with E-state index in [1.54, 1.807) is 12.1 Å². The molecule has 0 unspecified atom stereocenters. The van der Waals surface area contributed by atoms with Crippen LogP contribution in [0.15, 0.2) is 24.3 Å². The first-order valence-electron chi connectivity index (χ1n) is 6.60. The van der Waals surface area contributed by atoms with Crippen molar-refractivity contribution in [2.75, 3.05) is 32.5 Å². The maximum atomic E-state index is 13.0. The van der Waals surface area contributed by atoms with E-state index in [1.807, 2.05) is 19.0 Å². The zero-order valence-electron chi connectivity index (χ0n) is 12.3. The molecule has 6 nitrogen and oxygen atoms in total. The van der Waals surface area contributed by atoms with Crippen LogP contribution < -0.4 is 5.32 Å². The second-order valence-electron chi connectivity index (χ2n) is 4.96. The van der Waals surface area contributed by atoms with Gasteiger partial charge in [-0.2, -0.15) is 4.68 Å². The molecular weight excluding hydrogens is 273 g/mol.